The minimum atomic E-state index is 0.602. The summed E-state index contributed by atoms with van der Waals surface area (Å²) in [7, 11) is 0. The van der Waals surface area contributed by atoms with Gasteiger partial charge in [-0.05, 0) is 42.7 Å². The van der Waals surface area contributed by atoms with E-state index >= 15 is 0 Å². The number of hydrogen-bond donors (Lipinski definition) is 1. The van der Waals surface area contributed by atoms with Crippen molar-refractivity contribution in [1.82, 2.24) is 5.32 Å². The molecule has 0 aromatic heterocycles. The van der Waals surface area contributed by atoms with E-state index in [0.29, 0.717) is 12.0 Å². The van der Waals surface area contributed by atoms with Crippen LogP contribution in [0.4, 0.5) is 0 Å². The van der Waals surface area contributed by atoms with Crippen LogP contribution in [-0.4, -0.2) is 24.6 Å². The Morgan fingerprint density at radius 1 is 1.17 bits per heavy atom. The minimum Gasteiger partial charge on any atom is -0.313 e. The van der Waals surface area contributed by atoms with Crippen molar-refractivity contribution in [3.05, 3.63) is 35.4 Å². The molecule has 0 aliphatic carbocycles. The van der Waals surface area contributed by atoms with Gasteiger partial charge in [0, 0.05) is 11.8 Å². The average Bonchev–Trinajstić information content (AvgIpc) is 2.37. The number of nitrogens with one attached hydrogen (secondary N) is 1. The van der Waals surface area contributed by atoms with Gasteiger partial charge in [-0.3, -0.25) is 0 Å². The highest BCUT2D eigenvalue weighted by Crippen LogP contribution is 2.16. The molecule has 0 amide bonds. The van der Waals surface area contributed by atoms with Crippen LogP contribution in [0, 0.1) is 0 Å². The van der Waals surface area contributed by atoms with Crippen molar-refractivity contribution in [3.63, 3.8) is 0 Å². The highest BCUT2D eigenvalue weighted by atomic mass is 32.2. The van der Waals surface area contributed by atoms with Crippen molar-refractivity contribution >= 4 is 11.8 Å². The molecule has 1 nitrogen and oxygen atoms in total. The van der Waals surface area contributed by atoms with Crippen molar-refractivity contribution in [3.8, 4) is 0 Å². The smallest absolute Gasteiger partial charge is 0.0198 e. The molecule has 1 atom stereocenters. The summed E-state index contributed by atoms with van der Waals surface area (Å²) < 4.78 is 0. The molecule has 0 heterocycles. The molecule has 0 saturated carbocycles. The lowest BCUT2D eigenvalue weighted by Crippen LogP contribution is -2.33. The van der Waals surface area contributed by atoms with Crippen molar-refractivity contribution in [2.75, 3.05) is 18.6 Å². The summed E-state index contributed by atoms with van der Waals surface area (Å²) >= 11 is 1.92. The molecule has 102 valence electrons. The predicted octanol–water partition coefficient (Wildman–Crippen LogP) is 4.08. The summed E-state index contributed by atoms with van der Waals surface area (Å²) in [6.07, 6.45) is 4.53. The second kappa shape index (κ2) is 8.60. The summed E-state index contributed by atoms with van der Waals surface area (Å²) in [5.74, 6) is 1.81. The van der Waals surface area contributed by atoms with Gasteiger partial charge in [0.15, 0.2) is 0 Å². The van der Waals surface area contributed by atoms with Gasteiger partial charge in [-0.15, -0.1) is 0 Å². The molecule has 0 bridgehead atoms. The standard InChI is InChI=1S/C16H27NS/c1-5-10-17-16(12-18-4)11-14-6-8-15(9-7-14)13(2)3/h6-9,13,16-17H,5,10-12H2,1-4H3. The third-order valence-corrected chi connectivity index (χ3v) is 3.92. The van der Waals surface area contributed by atoms with Gasteiger partial charge < -0.3 is 5.32 Å². The maximum absolute atomic E-state index is 3.64. The minimum absolute atomic E-state index is 0.602. The molecule has 1 N–H and O–H groups in total. The quantitative estimate of drug-likeness (QED) is 0.760. The monoisotopic (exact) mass is 265 g/mol. The van der Waals surface area contributed by atoms with Crippen LogP contribution in [0.25, 0.3) is 0 Å². The summed E-state index contributed by atoms with van der Waals surface area (Å²) in [6, 6.07) is 9.73. The van der Waals surface area contributed by atoms with E-state index in [0.717, 1.165) is 13.0 Å². The number of rotatable bonds is 8. The predicted molar refractivity (Wildman–Crippen MR) is 84.7 cm³/mol. The van der Waals surface area contributed by atoms with Crippen LogP contribution in [-0.2, 0) is 6.42 Å². The van der Waals surface area contributed by atoms with Gasteiger partial charge in [0.2, 0.25) is 0 Å². The van der Waals surface area contributed by atoms with Crippen molar-refractivity contribution in [2.24, 2.45) is 0 Å². The lowest BCUT2D eigenvalue weighted by atomic mass is 9.99. The van der Waals surface area contributed by atoms with Crippen LogP contribution in [0.2, 0.25) is 0 Å². The Bertz CT molecular complexity index is 318. The summed E-state index contributed by atoms with van der Waals surface area (Å²) in [6.45, 7) is 7.83. The average molecular weight is 265 g/mol. The SMILES string of the molecule is CCCNC(CSC)Cc1ccc(C(C)C)cc1. The number of benzene rings is 1. The molecule has 0 aliphatic heterocycles. The van der Waals surface area contributed by atoms with E-state index in [1.165, 1.54) is 23.3 Å². The van der Waals surface area contributed by atoms with Gasteiger partial charge in [-0.1, -0.05) is 45.0 Å². The first-order chi connectivity index (χ1) is 8.67. The Morgan fingerprint density at radius 3 is 2.33 bits per heavy atom. The molecule has 0 saturated heterocycles. The molecule has 0 fully saturated rings. The van der Waals surface area contributed by atoms with Gasteiger partial charge in [0.1, 0.15) is 0 Å². The van der Waals surface area contributed by atoms with Crippen molar-refractivity contribution in [2.45, 2.75) is 45.6 Å². The van der Waals surface area contributed by atoms with Crippen LogP contribution in [0.15, 0.2) is 24.3 Å². The van der Waals surface area contributed by atoms with Gasteiger partial charge in [-0.2, -0.15) is 11.8 Å². The highest BCUT2D eigenvalue weighted by molar-refractivity contribution is 7.98. The molecule has 0 aliphatic rings. The van der Waals surface area contributed by atoms with Gasteiger partial charge in [-0.25, -0.2) is 0 Å². The molecular weight excluding hydrogens is 238 g/mol. The zero-order chi connectivity index (χ0) is 13.4. The molecule has 18 heavy (non-hydrogen) atoms. The second-order valence-corrected chi connectivity index (χ2v) is 6.12. The van der Waals surface area contributed by atoms with Gasteiger partial charge in [0.05, 0.1) is 0 Å². The Hall–Kier alpha value is -0.470. The number of hydrogen-bond acceptors (Lipinski definition) is 2. The molecule has 1 rings (SSSR count). The summed E-state index contributed by atoms with van der Waals surface area (Å²) in [5, 5.41) is 3.64. The van der Waals surface area contributed by atoms with Crippen molar-refractivity contribution in [1.29, 1.82) is 0 Å². The molecule has 1 aromatic carbocycles. The maximum Gasteiger partial charge on any atom is 0.0198 e. The molecule has 2 heteroatoms. The lowest BCUT2D eigenvalue weighted by Gasteiger charge is -2.18. The third kappa shape index (κ3) is 5.45. The lowest BCUT2D eigenvalue weighted by molar-refractivity contribution is 0.550. The normalized spacial score (nSPS) is 12.9. The first-order valence-corrected chi connectivity index (χ1v) is 8.37. The molecule has 1 unspecified atom stereocenters. The van der Waals surface area contributed by atoms with E-state index in [4.69, 9.17) is 0 Å². The van der Waals surface area contributed by atoms with Crippen LogP contribution in [0.3, 0.4) is 0 Å². The van der Waals surface area contributed by atoms with E-state index in [9.17, 15) is 0 Å². The van der Waals surface area contributed by atoms with Crippen LogP contribution in [0.1, 0.15) is 44.2 Å². The van der Waals surface area contributed by atoms with E-state index in [2.05, 4.69) is 56.6 Å². The highest BCUT2D eigenvalue weighted by Gasteiger charge is 2.08. The first-order valence-electron chi connectivity index (χ1n) is 6.98. The molecule has 0 spiro atoms. The fourth-order valence-electron chi connectivity index (χ4n) is 2.06. The summed E-state index contributed by atoms with van der Waals surface area (Å²) in [5.41, 5.74) is 2.88. The van der Waals surface area contributed by atoms with Gasteiger partial charge in [0.25, 0.3) is 0 Å². The number of thioether (sulfide) groups is 1. The Labute approximate surface area is 117 Å². The van der Waals surface area contributed by atoms with Crippen LogP contribution in [0.5, 0.6) is 0 Å². The second-order valence-electron chi connectivity index (χ2n) is 5.21. The largest absolute Gasteiger partial charge is 0.313 e. The fraction of sp³-hybridized carbons (Fsp3) is 0.625. The van der Waals surface area contributed by atoms with E-state index in [1.807, 2.05) is 11.8 Å². The molecule has 1 aromatic rings. The Balaban J connectivity index is 2.56. The first kappa shape index (κ1) is 15.6. The van der Waals surface area contributed by atoms with E-state index < -0.39 is 0 Å². The zero-order valence-corrected chi connectivity index (χ0v) is 13.0. The van der Waals surface area contributed by atoms with E-state index in [1.54, 1.807) is 0 Å². The van der Waals surface area contributed by atoms with Crippen LogP contribution >= 0.6 is 11.8 Å². The van der Waals surface area contributed by atoms with E-state index in [-0.39, 0.29) is 0 Å². The van der Waals surface area contributed by atoms with Gasteiger partial charge >= 0.3 is 0 Å². The molecular formula is C16H27NS. The fourth-order valence-corrected chi connectivity index (χ4v) is 2.70. The Morgan fingerprint density at radius 2 is 1.83 bits per heavy atom. The summed E-state index contributed by atoms with van der Waals surface area (Å²) in [4.78, 5) is 0. The molecule has 0 radical (unpaired) electrons. The zero-order valence-electron chi connectivity index (χ0n) is 12.2. The topological polar surface area (TPSA) is 12.0 Å². The van der Waals surface area contributed by atoms with Crippen molar-refractivity contribution < 1.29 is 0 Å². The Kier molecular flexibility index (Phi) is 7.45. The maximum atomic E-state index is 3.64. The third-order valence-electron chi connectivity index (χ3n) is 3.18. The van der Waals surface area contributed by atoms with Crippen LogP contribution < -0.4 is 5.32 Å².